The maximum Gasteiger partial charge on any atom is 0.244 e. The molecule has 0 radical (unpaired) electrons. The van der Waals surface area contributed by atoms with Crippen LogP contribution in [0.4, 0.5) is 0 Å². The molecular weight excluding hydrogens is 338 g/mol. The Hall–Kier alpha value is -1.11. The number of rotatable bonds is 8. The predicted molar refractivity (Wildman–Crippen MR) is 97.6 cm³/mol. The van der Waals surface area contributed by atoms with Gasteiger partial charge in [0, 0.05) is 13.2 Å². The van der Waals surface area contributed by atoms with Crippen molar-refractivity contribution in [1.29, 1.82) is 0 Å². The summed E-state index contributed by atoms with van der Waals surface area (Å²) in [6.45, 7) is 0.990. The van der Waals surface area contributed by atoms with E-state index in [0.29, 0.717) is 31.4 Å². The van der Waals surface area contributed by atoms with Gasteiger partial charge in [0.25, 0.3) is 0 Å². The van der Waals surface area contributed by atoms with Crippen LogP contribution in [0.1, 0.15) is 56.1 Å². The fraction of sp³-hybridized carbons (Fsp3) is 0.684. The molecule has 0 saturated heterocycles. The molecule has 0 atom stereocenters. The lowest BCUT2D eigenvalue weighted by Crippen LogP contribution is -2.27. The summed E-state index contributed by atoms with van der Waals surface area (Å²) in [6.07, 6.45) is 10.0. The molecule has 5 nitrogen and oxygen atoms in total. The average Bonchev–Trinajstić information content (AvgIpc) is 3.13. The van der Waals surface area contributed by atoms with Crippen LogP contribution in [-0.2, 0) is 27.6 Å². The Morgan fingerprint density at radius 3 is 2.44 bits per heavy atom. The molecule has 0 aromatic heterocycles. The summed E-state index contributed by atoms with van der Waals surface area (Å²) in [5.74, 6) is 0.440. The van der Waals surface area contributed by atoms with Crippen molar-refractivity contribution in [3.05, 3.63) is 23.3 Å². The van der Waals surface area contributed by atoms with Crippen molar-refractivity contribution in [3.63, 3.8) is 0 Å². The third kappa shape index (κ3) is 4.74. The van der Waals surface area contributed by atoms with Crippen LogP contribution in [0.15, 0.2) is 17.0 Å². The Labute approximate surface area is 151 Å². The molecule has 2 aliphatic rings. The summed E-state index contributed by atoms with van der Waals surface area (Å²) in [5.41, 5.74) is 2.35. The minimum absolute atomic E-state index is 0.257. The van der Waals surface area contributed by atoms with Crippen LogP contribution < -0.4 is 9.46 Å². The molecule has 1 saturated carbocycles. The Morgan fingerprint density at radius 2 is 1.76 bits per heavy atom. The molecule has 0 unspecified atom stereocenters. The quantitative estimate of drug-likeness (QED) is 0.717. The van der Waals surface area contributed by atoms with Crippen LogP contribution >= 0.6 is 0 Å². The van der Waals surface area contributed by atoms with Gasteiger partial charge in [-0.15, -0.1) is 0 Å². The summed E-state index contributed by atoms with van der Waals surface area (Å²) in [7, 11) is -2.04. The highest BCUT2D eigenvalue weighted by Gasteiger charge is 2.23. The Bertz CT molecular complexity index is 681. The molecule has 0 heterocycles. The lowest BCUT2D eigenvalue weighted by Gasteiger charge is -2.19. The number of nitrogens with one attached hydrogen (secondary N) is 1. The molecule has 140 valence electrons. The van der Waals surface area contributed by atoms with E-state index in [-0.39, 0.29) is 4.90 Å². The molecule has 0 amide bonds. The van der Waals surface area contributed by atoms with Crippen molar-refractivity contribution >= 4 is 10.0 Å². The molecule has 1 fully saturated rings. The van der Waals surface area contributed by atoms with Gasteiger partial charge in [-0.05, 0) is 68.2 Å². The topological polar surface area (TPSA) is 64.6 Å². The van der Waals surface area contributed by atoms with Crippen LogP contribution in [0.25, 0.3) is 0 Å². The minimum Gasteiger partial charge on any atom is -0.495 e. The van der Waals surface area contributed by atoms with E-state index < -0.39 is 10.0 Å². The molecule has 25 heavy (non-hydrogen) atoms. The zero-order valence-corrected chi connectivity index (χ0v) is 15.9. The lowest BCUT2D eigenvalue weighted by atomic mass is 9.92. The van der Waals surface area contributed by atoms with Crippen LogP contribution in [0, 0.1) is 0 Å². The first-order chi connectivity index (χ1) is 12.1. The van der Waals surface area contributed by atoms with Gasteiger partial charge >= 0.3 is 0 Å². The first kappa shape index (κ1) is 18.7. The summed E-state index contributed by atoms with van der Waals surface area (Å²) >= 11 is 0. The zero-order chi connectivity index (χ0) is 17.7. The predicted octanol–water partition coefficient (Wildman–Crippen LogP) is 3.20. The third-order valence-corrected chi connectivity index (χ3v) is 6.67. The van der Waals surface area contributed by atoms with Crippen molar-refractivity contribution in [2.75, 3.05) is 20.3 Å². The van der Waals surface area contributed by atoms with Crippen molar-refractivity contribution in [3.8, 4) is 5.75 Å². The molecule has 0 aliphatic heterocycles. The number of methoxy groups -OCH3 is 1. The highest BCUT2D eigenvalue weighted by molar-refractivity contribution is 7.89. The molecule has 3 rings (SSSR count). The standard InChI is InChI=1S/C19H29NO4S/c1-23-18-13-15-7-2-3-8-16(15)14-19(18)25(21,22)20-11-6-12-24-17-9-4-5-10-17/h13-14,17,20H,2-12H2,1H3. The molecule has 1 aromatic carbocycles. The van der Waals surface area contributed by atoms with Crippen molar-refractivity contribution in [2.45, 2.75) is 68.8 Å². The number of fused-ring (bicyclic) bond motifs is 1. The molecule has 0 bridgehead atoms. The highest BCUT2D eigenvalue weighted by Crippen LogP contribution is 2.31. The third-order valence-electron chi connectivity index (χ3n) is 5.19. The molecule has 1 aromatic rings. The lowest BCUT2D eigenvalue weighted by molar-refractivity contribution is 0.0575. The fourth-order valence-electron chi connectivity index (χ4n) is 3.77. The molecule has 0 spiro atoms. The number of hydrogen-bond donors (Lipinski definition) is 1. The number of benzene rings is 1. The smallest absolute Gasteiger partial charge is 0.244 e. The Morgan fingerprint density at radius 1 is 1.08 bits per heavy atom. The van der Waals surface area contributed by atoms with Gasteiger partial charge in [-0.2, -0.15) is 0 Å². The minimum atomic E-state index is -3.57. The SMILES string of the molecule is COc1cc2c(cc1S(=O)(=O)NCCCOC1CCCC1)CCCC2. The second-order valence-corrected chi connectivity index (χ2v) is 8.74. The monoisotopic (exact) mass is 367 g/mol. The maximum atomic E-state index is 12.7. The Kier molecular flexibility index (Phi) is 6.36. The van der Waals surface area contributed by atoms with Gasteiger partial charge < -0.3 is 9.47 Å². The molecule has 1 N–H and O–H groups in total. The van der Waals surface area contributed by atoms with E-state index in [2.05, 4.69) is 4.72 Å². The van der Waals surface area contributed by atoms with Gasteiger partial charge in [-0.3, -0.25) is 0 Å². The van der Waals surface area contributed by atoms with E-state index >= 15 is 0 Å². The van der Waals surface area contributed by atoms with Gasteiger partial charge in [0.15, 0.2) is 0 Å². The van der Waals surface area contributed by atoms with Crippen molar-refractivity contribution in [2.24, 2.45) is 0 Å². The second kappa shape index (κ2) is 8.52. The number of ether oxygens (including phenoxy) is 2. The van der Waals surface area contributed by atoms with E-state index in [1.807, 2.05) is 6.07 Å². The molecular formula is C19H29NO4S. The number of aryl methyl sites for hydroxylation is 2. The van der Waals surface area contributed by atoms with Gasteiger partial charge in [0.1, 0.15) is 10.6 Å². The molecule has 6 heteroatoms. The normalized spacial score (nSPS) is 18.3. The second-order valence-electron chi connectivity index (χ2n) is 7.01. The van der Waals surface area contributed by atoms with Gasteiger partial charge in [-0.25, -0.2) is 13.1 Å². The van der Waals surface area contributed by atoms with E-state index in [1.54, 1.807) is 6.07 Å². The van der Waals surface area contributed by atoms with Crippen LogP contribution in [0.2, 0.25) is 0 Å². The first-order valence-corrected chi connectivity index (χ1v) is 10.9. The van der Waals surface area contributed by atoms with Gasteiger partial charge in [0.05, 0.1) is 13.2 Å². The van der Waals surface area contributed by atoms with Crippen molar-refractivity contribution < 1.29 is 17.9 Å². The van der Waals surface area contributed by atoms with E-state index in [4.69, 9.17) is 9.47 Å². The highest BCUT2D eigenvalue weighted by atomic mass is 32.2. The van der Waals surface area contributed by atoms with Crippen LogP contribution in [0.5, 0.6) is 5.75 Å². The Balaban J connectivity index is 1.59. The van der Waals surface area contributed by atoms with E-state index in [1.165, 1.54) is 25.5 Å². The van der Waals surface area contributed by atoms with E-state index in [9.17, 15) is 8.42 Å². The summed E-state index contributed by atoms with van der Waals surface area (Å²) in [5, 5.41) is 0. The number of hydrogen-bond acceptors (Lipinski definition) is 4. The van der Waals surface area contributed by atoms with Crippen LogP contribution in [-0.4, -0.2) is 34.8 Å². The van der Waals surface area contributed by atoms with Gasteiger partial charge in [0.2, 0.25) is 10.0 Å². The van der Waals surface area contributed by atoms with Crippen molar-refractivity contribution in [1.82, 2.24) is 4.72 Å². The fourth-order valence-corrected chi connectivity index (χ4v) is 5.04. The van der Waals surface area contributed by atoms with E-state index in [0.717, 1.165) is 44.1 Å². The maximum absolute atomic E-state index is 12.7. The molecule has 2 aliphatic carbocycles. The largest absolute Gasteiger partial charge is 0.495 e. The summed E-state index contributed by atoms with van der Waals surface area (Å²) in [4.78, 5) is 0.257. The summed E-state index contributed by atoms with van der Waals surface area (Å²) < 4.78 is 39.2. The zero-order valence-electron chi connectivity index (χ0n) is 15.1. The van der Waals surface area contributed by atoms with Crippen LogP contribution in [0.3, 0.4) is 0 Å². The first-order valence-electron chi connectivity index (χ1n) is 9.41. The summed E-state index contributed by atoms with van der Waals surface area (Å²) in [6, 6.07) is 3.69. The average molecular weight is 368 g/mol. The van der Waals surface area contributed by atoms with Gasteiger partial charge in [-0.1, -0.05) is 12.8 Å². The number of sulfonamides is 1.